The highest BCUT2D eigenvalue weighted by molar-refractivity contribution is 5.43. The molecule has 0 aliphatic carbocycles. The first-order chi connectivity index (χ1) is 14.0. The van der Waals surface area contributed by atoms with Gasteiger partial charge in [-0.3, -0.25) is 4.90 Å². The van der Waals surface area contributed by atoms with E-state index < -0.39 is 0 Å². The molecule has 2 N–H and O–H groups in total. The number of benzene rings is 2. The lowest BCUT2D eigenvalue weighted by Crippen LogP contribution is -2.45. The Morgan fingerprint density at radius 2 is 1.33 bits per heavy atom. The maximum atomic E-state index is 10.5. The minimum atomic E-state index is 0.426. The summed E-state index contributed by atoms with van der Waals surface area (Å²) in [6, 6.07) is 8.27. The first kappa shape index (κ1) is 24.2. The molecule has 0 aliphatic rings. The highest BCUT2D eigenvalue weighted by Crippen LogP contribution is 2.27. The van der Waals surface area contributed by atoms with Crippen molar-refractivity contribution in [3.05, 3.63) is 57.6 Å². The second-order valence-electron chi connectivity index (χ2n) is 9.63. The molecule has 166 valence electrons. The lowest BCUT2D eigenvalue weighted by molar-refractivity contribution is -0.903. The molecule has 0 unspecified atom stereocenters. The molecule has 0 heterocycles. The normalized spacial score (nSPS) is 12.0. The van der Waals surface area contributed by atoms with Crippen LogP contribution in [0.15, 0.2) is 24.3 Å². The highest BCUT2D eigenvalue weighted by Gasteiger charge is 2.21. The third-order valence-corrected chi connectivity index (χ3v) is 5.89. The first-order valence-electron chi connectivity index (χ1n) is 11.1. The highest BCUT2D eigenvalue weighted by atomic mass is 16.3. The monoisotopic (exact) mass is 413 g/mol. The van der Waals surface area contributed by atoms with Gasteiger partial charge in [-0.25, -0.2) is 0 Å². The molecule has 0 bridgehead atoms. The summed E-state index contributed by atoms with van der Waals surface area (Å²) < 4.78 is 0.803. The van der Waals surface area contributed by atoms with Crippen LogP contribution in [0.3, 0.4) is 0 Å². The number of hydrogen-bond acceptors (Lipinski definition) is 3. The standard InChI is InChI=1S/C26H40N2O2/c1-8-9-10-27(17-23-15-19(2)13-21(4)25(23)29)11-12-28(6,7)18-24-16-20(3)14-22(5)26(24)30/h13-16H,8-12,17-18H2,1-7H3,(H-,29,30)/p+1. The maximum Gasteiger partial charge on any atom is 0.127 e. The number of phenols is 2. The second-order valence-corrected chi connectivity index (χ2v) is 9.63. The number of nitrogens with zero attached hydrogens (tertiary/aromatic N) is 2. The Hall–Kier alpha value is -2.04. The maximum absolute atomic E-state index is 10.5. The van der Waals surface area contributed by atoms with E-state index in [1.165, 1.54) is 11.1 Å². The molecule has 2 rings (SSSR count). The Balaban J connectivity index is 2.11. The molecule has 0 aliphatic heterocycles. The second kappa shape index (κ2) is 10.3. The van der Waals surface area contributed by atoms with Gasteiger partial charge in [0.15, 0.2) is 0 Å². The third kappa shape index (κ3) is 6.75. The Labute approximate surface area is 183 Å². The van der Waals surface area contributed by atoms with Crippen molar-refractivity contribution in [2.24, 2.45) is 0 Å². The molecule has 2 aromatic carbocycles. The van der Waals surface area contributed by atoms with E-state index in [-0.39, 0.29) is 0 Å². The average Bonchev–Trinajstić information content (AvgIpc) is 2.65. The Kier molecular flexibility index (Phi) is 8.34. The molecule has 4 heteroatoms. The number of rotatable bonds is 10. The predicted molar refractivity (Wildman–Crippen MR) is 126 cm³/mol. The smallest absolute Gasteiger partial charge is 0.127 e. The van der Waals surface area contributed by atoms with Crippen LogP contribution in [-0.2, 0) is 13.1 Å². The van der Waals surface area contributed by atoms with E-state index in [4.69, 9.17) is 0 Å². The van der Waals surface area contributed by atoms with E-state index in [2.05, 4.69) is 51.9 Å². The van der Waals surface area contributed by atoms with Gasteiger partial charge in [0, 0.05) is 24.2 Å². The molecule has 30 heavy (non-hydrogen) atoms. The predicted octanol–water partition coefficient (Wildman–Crippen LogP) is 5.21. The van der Waals surface area contributed by atoms with Gasteiger partial charge in [-0.1, -0.05) is 42.7 Å². The van der Waals surface area contributed by atoms with Gasteiger partial charge < -0.3 is 14.7 Å². The number of unbranched alkanes of at least 4 members (excludes halogenated alkanes) is 1. The zero-order valence-corrected chi connectivity index (χ0v) is 20.0. The van der Waals surface area contributed by atoms with Gasteiger partial charge in [0.1, 0.15) is 18.0 Å². The van der Waals surface area contributed by atoms with E-state index in [0.717, 1.165) is 72.3 Å². The van der Waals surface area contributed by atoms with Crippen molar-refractivity contribution in [3.8, 4) is 11.5 Å². The fourth-order valence-corrected chi connectivity index (χ4v) is 4.18. The minimum Gasteiger partial charge on any atom is -0.507 e. The van der Waals surface area contributed by atoms with Crippen molar-refractivity contribution in [1.29, 1.82) is 0 Å². The first-order valence-corrected chi connectivity index (χ1v) is 11.1. The van der Waals surface area contributed by atoms with Crippen LogP contribution in [0.25, 0.3) is 0 Å². The summed E-state index contributed by atoms with van der Waals surface area (Å²) in [5.74, 6) is 0.853. The van der Waals surface area contributed by atoms with Crippen LogP contribution in [0.5, 0.6) is 11.5 Å². The van der Waals surface area contributed by atoms with Gasteiger partial charge in [0.2, 0.25) is 0 Å². The summed E-state index contributed by atoms with van der Waals surface area (Å²) in [5.41, 5.74) is 6.31. The topological polar surface area (TPSA) is 43.7 Å². The summed E-state index contributed by atoms with van der Waals surface area (Å²) in [6.07, 6.45) is 2.31. The van der Waals surface area contributed by atoms with Gasteiger partial charge >= 0.3 is 0 Å². The molecule has 0 fully saturated rings. The van der Waals surface area contributed by atoms with Gasteiger partial charge in [0.05, 0.1) is 20.6 Å². The lowest BCUT2D eigenvalue weighted by Gasteiger charge is -2.33. The van der Waals surface area contributed by atoms with E-state index in [1.807, 2.05) is 26.0 Å². The van der Waals surface area contributed by atoms with E-state index >= 15 is 0 Å². The number of aromatic hydroxyl groups is 2. The molecule has 0 aromatic heterocycles. The SMILES string of the molecule is CCCCN(CC[N+](C)(C)Cc1cc(C)cc(C)c1O)Cc1cc(C)cc(C)c1O. The van der Waals surface area contributed by atoms with Crippen LogP contribution >= 0.6 is 0 Å². The van der Waals surface area contributed by atoms with E-state index in [9.17, 15) is 10.2 Å². The fourth-order valence-electron chi connectivity index (χ4n) is 4.18. The summed E-state index contributed by atoms with van der Waals surface area (Å²) in [4.78, 5) is 2.46. The van der Waals surface area contributed by atoms with Gasteiger partial charge in [-0.15, -0.1) is 0 Å². The molecule has 0 radical (unpaired) electrons. The molecule has 2 aromatic rings. The van der Waals surface area contributed by atoms with Gasteiger partial charge in [-0.05, 0) is 57.9 Å². The van der Waals surface area contributed by atoms with Crippen molar-refractivity contribution in [1.82, 2.24) is 4.90 Å². The Morgan fingerprint density at radius 3 is 1.90 bits per heavy atom. The molecule has 0 saturated carbocycles. The molecular formula is C26H41N2O2+. The van der Waals surface area contributed by atoms with Crippen LogP contribution < -0.4 is 0 Å². The van der Waals surface area contributed by atoms with Gasteiger partial charge in [-0.2, -0.15) is 0 Å². The molecule has 0 amide bonds. The number of likely N-dealkylation sites (N-methyl/N-ethyl adjacent to an activating group) is 1. The molecule has 0 saturated heterocycles. The van der Waals surface area contributed by atoms with Crippen LogP contribution in [0.1, 0.15) is 53.1 Å². The van der Waals surface area contributed by atoms with Crippen LogP contribution in [0.4, 0.5) is 0 Å². The Bertz CT molecular complexity index is 859. The number of phenolic OH excluding ortho intramolecular Hbond substituents is 2. The van der Waals surface area contributed by atoms with Crippen molar-refractivity contribution in [3.63, 3.8) is 0 Å². The van der Waals surface area contributed by atoms with E-state index in [1.54, 1.807) is 0 Å². The van der Waals surface area contributed by atoms with Crippen molar-refractivity contribution in [2.45, 2.75) is 60.5 Å². The third-order valence-electron chi connectivity index (χ3n) is 5.89. The Morgan fingerprint density at radius 1 is 0.800 bits per heavy atom. The van der Waals surface area contributed by atoms with Crippen molar-refractivity contribution < 1.29 is 14.7 Å². The lowest BCUT2D eigenvalue weighted by atomic mass is 10.0. The number of hydrogen-bond donors (Lipinski definition) is 2. The van der Waals surface area contributed by atoms with E-state index in [0.29, 0.717) is 11.5 Å². The van der Waals surface area contributed by atoms with Crippen LogP contribution in [-0.4, -0.2) is 53.3 Å². The molecule has 4 nitrogen and oxygen atoms in total. The number of quaternary nitrogens is 1. The quantitative estimate of drug-likeness (QED) is 0.526. The van der Waals surface area contributed by atoms with Crippen molar-refractivity contribution >= 4 is 0 Å². The molecular weight excluding hydrogens is 372 g/mol. The average molecular weight is 414 g/mol. The van der Waals surface area contributed by atoms with Crippen LogP contribution in [0.2, 0.25) is 0 Å². The molecule has 0 spiro atoms. The summed E-state index contributed by atoms with van der Waals surface area (Å²) in [6.45, 7) is 14.8. The largest absolute Gasteiger partial charge is 0.507 e. The van der Waals surface area contributed by atoms with Gasteiger partial charge in [0.25, 0.3) is 0 Å². The summed E-state index contributed by atoms with van der Waals surface area (Å²) >= 11 is 0. The zero-order chi connectivity index (χ0) is 22.5. The minimum absolute atomic E-state index is 0.426. The zero-order valence-electron chi connectivity index (χ0n) is 20.0. The summed E-state index contributed by atoms with van der Waals surface area (Å²) in [7, 11) is 4.45. The van der Waals surface area contributed by atoms with Crippen LogP contribution in [0, 0.1) is 27.7 Å². The van der Waals surface area contributed by atoms with Crippen molar-refractivity contribution in [2.75, 3.05) is 33.7 Å². The number of aryl methyl sites for hydroxylation is 4. The molecule has 0 atom stereocenters. The fraction of sp³-hybridized carbons (Fsp3) is 0.538. The summed E-state index contributed by atoms with van der Waals surface area (Å²) in [5, 5.41) is 21.1.